The number of hydrogen-bond acceptors (Lipinski definition) is 8. The highest BCUT2D eigenvalue weighted by Crippen LogP contribution is 1.77. The quantitative estimate of drug-likeness (QED) is 0.131. The molecule has 0 unspecified atom stereocenters. The Balaban J connectivity index is 3.58. The van der Waals surface area contributed by atoms with Gasteiger partial charge in [0.05, 0.1) is 4.97 Å². The van der Waals surface area contributed by atoms with Crippen molar-refractivity contribution in [3.63, 3.8) is 0 Å². The SMILES string of the molecule is NN[N+](N)(N)ON(N)N. The molecule has 9 heavy (non-hydrogen) atoms. The molecule has 0 saturated carbocycles. The van der Waals surface area contributed by atoms with Gasteiger partial charge in [-0.3, -0.25) is 0 Å². The third-order valence-electron chi connectivity index (χ3n) is 0.431. The van der Waals surface area contributed by atoms with Crippen LogP contribution in [0, 0.1) is 0 Å². The van der Waals surface area contributed by atoms with E-state index >= 15 is 0 Å². The Labute approximate surface area is 51.2 Å². The van der Waals surface area contributed by atoms with Crippen molar-refractivity contribution in [2.75, 3.05) is 0 Å². The fourth-order valence-electron chi connectivity index (χ4n) is 0.180. The van der Waals surface area contributed by atoms with E-state index in [1.54, 1.807) is 0 Å². The third kappa shape index (κ3) is 4.16. The summed E-state index contributed by atoms with van der Waals surface area (Å²) in [6, 6.07) is 0. The number of quaternary nitrogens is 1. The molecular formula is H11N8O+. The lowest BCUT2D eigenvalue weighted by atomic mass is 12.0. The van der Waals surface area contributed by atoms with Gasteiger partial charge in [-0.25, -0.2) is 17.5 Å². The summed E-state index contributed by atoms with van der Waals surface area (Å²) >= 11 is 0. The topological polar surface area (TPSA) is 155 Å². The Kier molecular flexibility index (Phi) is 2.86. The zero-order valence-corrected chi connectivity index (χ0v) is 4.69. The van der Waals surface area contributed by atoms with Crippen LogP contribution in [-0.4, -0.2) is 10.3 Å². The summed E-state index contributed by atoms with van der Waals surface area (Å²) in [7, 11) is 0. The van der Waals surface area contributed by atoms with Gasteiger partial charge in [-0.1, -0.05) is 0 Å². The fourth-order valence-corrected chi connectivity index (χ4v) is 0.180. The van der Waals surface area contributed by atoms with Crippen LogP contribution < -0.4 is 34.7 Å². The Bertz CT molecular complexity index is 74.6. The highest BCUT2D eigenvalue weighted by atomic mass is 17.0. The first-order valence-electron chi connectivity index (χ1n) is 1.91. The molecule has 11 N–H and O–H groups in total. The maximum atomic E-state index is 4.97. The molecule has 0 radical (unpaired) electrons. The van der Waals surface area contributed by atoms with Crippen LogP contribution in [0.5, 0.6) is 0 Å². The molecule has 0 aliphatic carbocycles. The van der Waals surface area contributed by atoms with Crippen LogP contribution in [0.4, 0.5) is 0 Å². The minimum Gasteiger partial charge on any atom is -0.225 e. The molecule has 9 nitrogen and oxygen atoms in total. The summed E-state index contributed by atoms with van der Waals surface area (Å²) < 4.78 is 0. The lowest BCUT2D eigenvalue weighted by Gasteiger charge is -2.20. The molecule has 0 aromatic rings. The molecule has 0 aromatic heterocycles. The van der Waals surface area contributed by atoms with Gasteiger partial charge in [0.1, 0.15) is 0 Å². The van der Waals surface area contributed by atoms with E-state index in [1.165, 1.54) is 0 Å². The lowest BCUT2D eigenvalue weighted by Crippen LogP contribution is -2.73. The van der Waals surface area contributed by atoms with Gasteiger partial charge in [0, 0.05) is 5.28 Å². The molecule has 0 fully saturated rings. The molecule has 0 amide bonds. The number of nitrogens with zero attached hydrogens (tertiary/aromatic N) is 2. The second-order valence-electron chi connectivity index (χ2n) is 1.28. The smallest absolute Gasteiger partial charge is 0.0741 e. The molecule has 0 saturated heterocycles. The maximum absolute atomic E-state index is 4.97. The van der Waals surface area contributed by atoms with Crippen molar-refractivity contribution in [3.05, 3.63) is 0 Å². The molecule has 0 bridgehead atoms. The molecule has 0 aromatic carbocycles. The number of nitrogens with two attached hydrogens (primary N) is 5. The zero-order chi connectivity index (χ0) is 7.49. The summed E-state index contributed by atoms with van der Waals surface area (Å²) in [5.41, 5.74) is 1.84. The zero-order valence-electron chi connectivity index (χ0n) is 4.69. The van der Waals surface area contributed by atoms with E-state index in [-0.39, 0.29) is 0 Å². The minimum atomic E-state index is -1.15. The van der Waals surface area contributed by atoms with Crippen molar-refractivity contribution in [1.82, 2.24) is 10.8 Å². The van der Waals surface area contributed by atoms with Gasteiger partial charge in [0.25, 0.3) is 0 Å². The van der Waals surface area contributed by atoms with Crippen LogP contribution in [-0.2, 0) is 4.94 Å². The number of hydrazine groups is 3. The number of nitrogens with one attached hydrogen (secondary N) is 1. The predicted molar refractivity (Wildman–Crippen MR) is 27.3 cm³/mol. The molecule has 0 rings (SSSR count). The van der Waals surface area contributed by atoms with Crippen LogP contribution in [0.1, 0.15) is 0 Å². The van der Waals surface area contributed by atoms with E-state index in [4.69, 9.17) is 29.2 Å². The van der Waals surface area contributed by atoms with Crippen molar-refractivity contribution < 1.29 is 9.91 Å². The molecule has 0 aliphatic heterocycles. The summed E-state index contributed by atoms with van der Waals surface area (Å²) in [4.78, 5) is 3.09. The van der Waals surface area contributed by atoms with E-state index in [1.807, 2.05) is 5.53 Å². The third-order valence-corrected chi connectivity index (χ3v) is 0.431. The Morgan fingerprint density at radius 1 is 1.33 bits per heavy atom. The molecular weight excluding hydrogens is 128 g/mol. The van der Waals surface area contributed by atoms with Gasteiger partial charge in [0.15, 0.2) is 0 Å². The van der Waals surface area contributed by atoms with Crippen molar-refractivity contribution in [2.24, 2.45) is 29.2 Å². The average Bonchev–Trinajstić information content (AvgIpc) is 1.63. The average molecular weight is 139 g/mol. The van der Waals surface area contributed by atoms with Gasteiger partial charge in [0.2, 0.25) is 0 Å². The van der Waals surface area contributed by atoms with Crippen LogP contribution in [0.2, 0.25) is 0 Å². The summed E-state index contributed by atoms with van der Waals surface area (Å²) in [5, 5.41) is 0.319. The summed E-state index contributed by atoms with van der Waals surface area (Å²) in [5.74, 6) is 24.3. The largest absolute Gasteiger partial charge is 0.225 e. The van der Waals surface area contributed by atoms with Gasteiger partial charge in [-0.05, 0) is 10.5 Å². The van der Waals surface area contributed by atoms with E-state index in [9.17, 15) is 0 Å². The Morgan fingerprint density at radius 2 is 1.78 bits per heavy atom. The monoisotopic (exact) mass is 139 g/mol. The first-order chi connectivity index (χ1) is 3.98. The van der Waals surface area contributed by atoms with E-state index in [2.05, 4.69) is 4.94 Å². The molecule has 0 atom stereocenters. The molecule has 56 valence electrons. The van der Waals surface area contributed by atoms with Gasteiger partial charge in [-0.15, -0.1) is 11.7 Å². The highest BCUT2D eigenvalue weighted by Gasteiger charge is 2.19. The standard InChI is InChI=1S/H11N8O/c1-6-8(4,5)9-7(2)3/h6H,1-5H2/q+1. The minimum absolute atomic E-state index is 0.319. The van der Waals surface area contributed by atoms with Gasteiger partial charge in [-0.2, -0.15) is 0 Å². The van der Waals surface area contributed by atoms with Gasteiger partial charge >= 0.3 is 0 Å². The van der Waals surface area contributed by atoms with Crippen LogP contribution in [0.25, 0.3) is 0 Å². The first-order valence-corrected chi connectivity index (χ1v) is 1.91. The first kappa shape index (κ1) is 8.64. The van der Waals surface area contributed by atoms with E-state index in [0.29, 0.717) is 5.28 Å². The summed E-state index contributed by atoms with van der Waals surface area (Å²) in [6.45, 7) is 0. The van der Waals surface area contributed by atoms with Crippen molar-refractivity contribution in [1.29, 1.82) is 0 Å². The van der Waals surface area contributed by atoms with Crippen LogP contribution in [0.3, 0.4) is 0 Å². The van der Waals surface area contributed by atoms with E-state index < -0.39 is 4.97 Å². The molecule has 0 heterocycles. The van der Waals surface area contributed by atoms with Gasteiger partial charge < -0.3 is 0 Å². The van der Waals surface area contributed by atoms with Crippen molar-refractivity contribution in [2.45, 2.75) is 0 Å². The second-order valence-corrected chi connectivity index (χ2v) is 1.28. The van der Waals surface area contributed by atoms with Crippen molar-refractivity contribution >= 4 is 0 Å². The van der Waals surface area contributed by atoms with Crippen LogP contribution >= 0.6 is 0 Å². The van der Waals surface area contributed by atoms with Crippen molar-refractivity contribution in [3.8, 4) is 0 Å². The Morgan fingerprint density at radius 3 is 1.89 bits per heavy atom. The normalized spacial score (nSPS) is 12.7. The summed E-state index contributed by atoms with van der Waals surface area (Å²) in [6.07, 6.45) is 0. The molecule has 0 spiro atoms. The second kappa shape index (κ2) is 2.98. The molecule has 9 heteroatoms. The Hall–Kier alpha value is -0.360. The molecule has 0 aliphatic rings. The van der Waals surface area contributed by atoms with Crippen LogP contribution in [0.15, 0.2) is 0 Å². The maximum Gasteiger partial charge on any atom is 0.0741 e. The highest BCUT2D eigenvalue weighted by molar-refractivity contribution is 3.76. The lowest BCUT2D eigenvalue weighted by molar-refractivity contribution is -1.18. The predicted octanol–water partition coefficient (Wildman–Crippen LogP) is -4.18. The van der Waals surface area contributed by atoms with E-state index in [0.717, 1.165) is 0 Å². The fraction of sp³-hybridized carbons (Fsp3) is 0. The number of rotatable bonds is 3. The number of hydrogen-bond donors (Lipinski definition) is 6.